The second kappa shape index (κ2) is 11.1. The third kappa shape index (κ3) is 6.25. The fourth-order valence-corrected chi connectivity index (χ4v) is 3.15. The lowest BCUT2D eigenvalue weighted by Crippen LogP contribution is -2.53. The minimum atomic E-state index is 0. The second-order valence-electron chi connectivity index (χ2n) is 6.83. The van der Waals surface area contributed by atoms with Crippen molar-refractivity contribution >= 4 is 35.8 Å². The van der Waals surface area contributed by atoms with E-state index < -0.39 is 0 Å². The number of aliphatic imine (C=N–C) groups is 1. The highest BCUT2D eigenvalue weighted by Gasteiger charge is 2.20. The number of nitrogens with zero attached hydrogens (tertiary/aromatic N) is 4. The molecule has 7 heteroatoms. The molecule has 0 saturated carbocycles. The lowest BCUT2D eigenvalue weighted by Gasteiger charge is -2.37. The van der Waals surface area contributed by atoms with Gasteiger partial charge in [0.2, 0.25) is 0 Å². The number of aromatic nitrogens is 1. The molecule has 0 aliphatic carbocycles. The van der Waals surface area contributed by atoms with Gasteiger partial charge in [0.25, 0.3) is 0 Å². The highest BCUT2D eigenvalue weighted by molar-refractivity contribution is 14.0. The first-order chi connectivity index (χ1) is 13.2. The van der Waals surface area contributed by atoms with Gasteiger partial charge in [-0.15, -0.1) is 24.0 Å². The van der Waals surface area contributed by atoms with Crippen LogP contribution in [0.15, 0.2) is 53.7 Å². The molecule has 1 unspecified atom stereocenters. The molecule has 6 nitrogen and oxygen atoms in total. The molecule has 1 fully saturated rings. The van der Waals surface area contributed by atoms with E-state index in [0.717, 1.165) is 43.7 Å². The van der Waals surface area contributed by atoms with Crippen LogP contribution in [0.3, 0.4) is 0 Å². The molecular weight excluding hydrogens is 465 g/mol. The highest BCUT2D eigenvalue weighted by Crippen LogP contribution is 2.14. The topological polar surface area (TPSA) is 53.0 Å². The molecule has 1 aromatic heterocycles. The van der Waals surface area contributed by atoms with E-state index in [1.165, 1.54) is 5.56 Å². The number of piperazine rings is 1. The van der Waals surface area contributed by atoms with Gasteiger partial charge in [-0.25, -0.2) is 4.98 Å². The van der Waals surface area contributed by atoms with Gasteiger partial charge in [0.1, 0.15) is 17.7 Å². The number of ether oxygens (including phenoxy) is 1. The number of anilines is 1. The summed E-state index contributed by atoms with van der Waals surface area (Å²) in [5.41, 5.74) is 1.23. The first-order valence-corrected chi connectivity index (χ1v) is 9.50. The quantitative estimate of drug-likeness (QED) is 0.393. The van der Waals surface area contributed by atoms with Crippen molar-refractivity contribution in [3.63, 3.8) is 0 Å². The van der Waals surface area contributed by atoms with E-state index in [1.807, 2.05) is 37.5 Å². The Labute approximate surface area is 185 Å². The smallest absolute Gasteiger partial charge is 0.193 e. The molecule has 0 spiro atoms. The molecule has 0 bridgehead atoms. The molecule has 1 saturated heterocycles. The number of halogens is 1. The van der Waals surface area contributed by atoms with Gasteiger partial charge in [0, 0.05) is 39.4 Å². The van der Waals surface area contributed by atoms with E-state index in [-0.39, 0.29) is 30.1 Å². The Hall–Kier alpha value is -2.03. The number of hydrogen-bond donors (Lipinski definition) is 1. The molecule has 28 heavy (non-hydrogen) atoms. The average Bonchev–Trinajstić information content (AvgIpc) is 2.71. The van der Waals surface area contributed by atoms with Crippen LogP contribution < -0.4 is 15.0 Å². The van der Waals surface area contributed by atoms with E-state index in [4.69, 9.17) is 4.74 Å². The summed E-state index contributed by atoms with van der Waals surface area (Å²) in [5.74, 6) is 2.86. The van der Waals surface area contributed by atoms with Crippen LogP contribution in [0.4, 0.5) is 5.82 Å². The SMILES string of the molecule is CN=C(NCC(C)Oc1ccc(C)cc1)N1CCN(c2ccccn2)CC1.I. The van der Waals surface area contributed by atoms with Crippen molar-refractivity contribution in [1.29, 1.82) is 0 Å². The normalized spacial score (nSPS) is 15.6. The molecule has 3 rings (SSSR count). The Morgan fingerprint density at radius 1 is 1.14 bits per heavy atom. The van der Waals surface area contributed by atoms with E-state index in [2.05, 4.69) is 57.1 Å². The molecule has 2 aromatic rings. The molecule has 152 valence electrons. The molecule has 0 radical (unpaired) electrons. The summed E-state index contributed by atoms with van der Waals surface area (Å²) >= 11 is 0. The summed E-state index contributed by atoms with van der Waals surface area (Å²) in [6.07, 6.45) is 1.90. The van der Waals surface area contributed by atoms with Crippen LogP contribution in [0.5, 0.6) is 5.75 Å². The first kappa shape index (κ1) is 22.3. The van der Waals surface area contributed by atoms with E-state index in [1.54, 1.807) is 0 Å². The van der Waals surface area contributed by atoms with E-state index in [0.29, 0.717) is 6.54 Å². The number of hydrogen-bond acceptors (Lipinski definition) is 4. The van der Waals surface area contributed by atoms with Gasteiger partial charge >= 0.3 is 0 Å². The summed E-state index contributed by atoms with van der Waals surface area (Å²) in [5, 5.41) is 3.44. The predicted octanol–water partition coefficient (Wildman–Crippen LogP) is 3.17. The van der Waals surface area contributed by atoms with Crippen LogP contribution in [0.25, 0.3) is 0 Å². The Kier molecular flexibility index (Phi) is 8.82. The maximum absolute atomic E-state index is 5.97. The van der Waals surface area contributed by atoms with Crippen molar-refractivity contribution in [2.45, 2.75) is 20.0 Å². The van der Waals surface area contributed by atoms with Gasteiger partial charge in [-0.05, 0) is 38.1 Å². The van der Waals surface area contributed by atoms with Crippen LogP contribution in [-0.4, -0.2) is 61.7 Å². The van der Waals surface area contributed by atoms with Gasteiger partial charge in [-0.3, -0.25) is 4.99 Å². The third-order valence-electron chi connectivity index (χ3n) is 4.67. The fraction of sp³-hybridized carbons (Fsp3) is 0.429. The maximum atomic E-state index is 5.97. The summed E-state index contributed by atoms with van der Waals surface area (Å²) in [7, 11) is 1.83. The summed E-state index contributed by atoms with van der Waals surface area (Å²) in [6.45, 7) is 8.57. The van der Waals surface area contributed by atoms with E-state index in [9.17, 15) is 0 Å². The minimum absolute atomic E-state index is 0. The average molecular weight is 495 g/mol. The van der Waals surface area contributed by atoms with Crippen molar-refractivity contribution in [1.82, 2.24) is 15.2 Å². The molecule has 0 amide bonds. The van der Waals surface area contributed by atoms with Crippen molar-refractivity contribution in [3.05, 3.63) is 54.2 Å². The summed E-state index contributed by atoms with van der Waals surface area (Å²) < 4.78 is 5.97. The number of pyridine rings is 1. The Bertz CT molecular complexity index is 730. The van der Waals surface area contributed by atoms with Crippen LogP contribution in [0, 0.1) is 6.92 Å². The molecule has 1 aromatic carbocycles. The number of aryl methyl sites for hydroxylation is 1. The molecule has 1 aliphatic heterocycles. The van der Waals surface area contributed by atoms with Crippen molar-refractivity contribution in [2.24, 2.45) is 4.99 Å². The van der Waals surface area contributed by atoms with Crippen molar-refractivity contribution < 1.29 is 4.74 Å². The molecular formula is C21H30IN5O. The number of guanidine groups is 1. The Morgan fingerprint density at radius 3 is 2.46 bits per heavy atom. The van der Waals surface area contributed by atoms with Gasteiger partial charge in [-0.1, -0.05) is 23.8 Å². The molecule has 1 N–H and O–H groups in total. The molecule has 1 aliphatic rings. The zero-order valence-electron chi connectivity index (χ0n) is 16.8. The van der Waals surface area contributed by atoms with Crippen molar-refractivity contribution in [2.75, 3.05) is 44.7 Å². The Balaban J connectivity index is 0.00000280. The Morgan fingerprint density at radius 2 is 1.86 bits per heavy atom. The second-order valence-corrected chi connectivity index (χ2v) is 6.83. The molecule has 1 atom stereocenters. The van der Waals surface area contributed by atoms with Crippen molar-refractivity contribution in [3.8, 4) is 5.75 Å². The van der Waals surface area contributed by atoms with Gasteiger partial charge in [0.15, 0.2) is 5.96 Å². The number of benzene rings is 1. The summed E-state index contributed by atoms with van der Waals surface area (Å²) in [4.78, 5) is 13.5. The van der Waals surface area contributed by atoms with Crippen LogP contribution in [0.1, 0.15) is 12.5 Å². The summed E-state index contributed by atoms with van der Waals surface area (Å²) in [6, 6.07) is 14.2. The lowest BCUT2D eigenvalue weighted by molar-refractivity contribution is 0.221. The minimum Gasteiger partial charge on any atom is -0.489 e. The van der Waals surface area contributed by atoms with E-state index >= 15 is 0 Å². The number of rotatable bonds is 5. The van der Waals surface area contributed by atoms with Crippen LogP contribution in [-0.2, 0) is 0 Å². The van der Waals surface area contributed by atoms with Gasteiger partial charge in [-0.2, -0.15) is 0 Å². The zero-order valence-corrected chi connectivity index (χ0v) is 19.2. The zero-order chi connectivity index (χ0) is 19.1. The van der Waals surface area contributed by atoms with Gasteiger partial charge < -0.3 is 19.9 Å². The monoisotopic (exact) mass is 495 g/mol. The van der Waals surface area contributed by atoms with Crippen LogP contribution in [0.2, 0.25) is 0 Å². The highest BCUT2D eigenvalue weighted by atomic mass is 127. The first-order valence-electron chi connectivity index (χ1n) is 9.50. The predicted molar refractivity (Wildman–Crippen MR) is 126 cm³/mol. The maximum Gasteiger partial charge on any atom is 0.193 e. The standard InChI is InChI=1S/C21H29N5O.HI/c1-17-7-9-19(10-8-17)27-18(2)16-24-21(22-3)26-14-12-25(13-15-26)20-6-4-5-11-23-20;/h4-11,18H,12-16H2,1-3H3,(H,22,24);1H. The van der Waals surface area contributed by atoms with Gasteiger partial charge in [0.05, 0.1) is 6.54 Å². The fourth-order valence-electron chi connectivity index (χ4n) is 3.15. The third-order valence-corrected chi connectivity index (χ3v) is 4.67. The molecule has 2 heterocycles. The van der Waals surface area contributed by atoms with Crippen LogP contribution >= 0.6 is 24.0 Å². The number of nitrogens with one attached hydrogen (secondary N) is 1. The lowest BCUT2D eigenvalue weighted by atomic mass is 10.2. The largest absolute Gasteiger partial charge is 0.489 e.